The fraction of sp³-hybridized carbons (Fsp3) is 0.355. The van der Waals surface area contributed by atoms with Crippen molar-refractivity contribution in [3.63, 3.8) is 0 Å². The van der Waals surface area contributed by atoms with Crippen LogP contribution < -0.4 is 14.8 Å². The molecule has 1 atom stereocenters. The Balaban J connectivity index is 1.23. The lowest BCUT2D eigenvalue weighted by Crippen LogP contribution is -2.15. The summed E-state index contributed by atoms with van der Waals surface area (Å²) in [5.74, 6) is 1.87. The SMILES string of the molecule is COc1cc(C(=O)N2C[C@@H]2CCO)ccc1Nc1nc(OC2CCCC2)c2c(-c3ccc4nc(C)oc4c3)c[nH]c2n1. The van der Waals surface area contributed by atoms with Gasteiger partial charge in [0.2, 0.25) is 11.8 Å². The number of carbonyl (C=O) groups excluding carboxylic acids is 1. The van der Waals surface area contributed by atoms with Crippen molar-refractivity contribution >= 4 is 39.7 Å². The van der Waals surface area contributed by atoms with E-state index in [1.807, 2.05) is 31.3 Å². The van der Waals surface area contributed by atoms with E-state index in [-0.39, 0.29) is 24.7 Å². The van der Waals surface area contributed by atoms with Gasteiger partial charge in [-0.15, -0.1) is 0 Å². The average Bonchev–Trinajstić information content (AvgIpc) is 3.31. The predicted octanol–water partition coefficient (Wildman–Crippen LogP) is 5.35. The molecule has 11 nitrogen and oxygen atoms in total. The summed E-state index contributed by atoms with van der Waals surface area (Å²) >= 11 is 0. The van der Waals surface area contributed by atoms with Crippen molar-refractivity contribution in [1.82, 2.24) is 24.8 Å². The van der Waals surface area contributed by atoms with Crippen LogP contribution in [0.2, 0.25) is 0 Å². The van der Waals surface area contributed by atoms with Crippen molar-refractivity contribution in [1.29, 1.82) is 0 Å². The topological polar surface area (TPSA) is 138 Å². The summed E-state index contributed by atoms with van der Waals surface area (Å²) in [6.07, 6.45) is 6.81. The predicted molar refractivity (Wildman–Crippen MR) is 157 cm³/mol. The second-order valence-electron chi connectivity index (χ2n) is 10.9. The van der Waals surface area contributed by atoms with Crippen LogP contribution in [0.4, 0.5) is 11.6 Å². The van der Waals surface area contributed by atoms with Crippen molar-refractivity contribution in [2.24, 2.45) is 0 Å². The van der Waals surface area contributed by atoms with E-state index >= 15 is 0 Å². The maximum atomic E-state index is 12.9. The highest BCUT2D eigenvalue weighted by Gasteiger charge is 2.38. The molecule has 1 aliphatic carbocycles. The Hall–Kier alpha value is -4.64. The number of ether oxygens (including phenoxy) is 2. The highest BCUT2D eigenvalue weighted by atomic mass is 16.5. The molecule has 1 aliphatic heterocycles. The van der Waals surface area contributed by atoms with Gasteiger partial charge in [0.25, 0.3) is 5.91 Å². The number of carbonyl (C=O) groups is 1. The Kier molecular flexibility index (Phi) is 6.66. The van der Waals surface area contributed by atoms with Crippen LogP contribution in [0.1, 0.15) is 48.4 Å². The molecule has 7 rings (SSSR count). The number of aryl methyl sites for hydroxylation is 1. The molecule has 5 aromatic rings. The molecule has 0 bridgehead atoms. The lowest BCUT2D eigenvalue weighted by molar-refractivity contribution is 0.0870. The molecule has 1 saturated carbocycles. The molecule has 4 heterocycles. The van der Waals surface area contributed by atoms with Gasteiger partial charge in [0, 0.05) is 37.4 Å². The standard InChI is InChI=1S/C31H32N6O5/c1-17-33-24-9-7-18(13-26(24)41-17)22-15-32-28-27(22)29(42-21-5-3-4-6-21)36-31(35-28)34-23-10-8-19(14-25(23)40-2)30(39)37-16-20(37)11-12-38/h7-10,13-15,20-21,38H,3-6,11-12,16H2,1-2H3,(H2,32,34,35,36)/t20-,37?/m0/s1. The molecular formula is C31H32N6O5. The fourth-order valence-electron chi connectivity index (χ4n) is 5.78. The first-order valence-corrected chi connectivity index (χ1v) is 14.3. The number of H-pyrrole nitrogens is 1. The molecule has 2 fully saturated rings. The number of anilines is 2. The number of benzene rings is 2. The van der Waals surface area contributed by atoms with E-state index in [1.54, 1.807) is 30.2 Å². The largest absolute Gasteiger partial charge is 0.495 e. The number of aliphatic hydroxyl groups excluding tert-OH is 1. The van der Waals surface area contributed by atoms with Gasteiger partial charge in [-0.2, -0.15) is 9.97 Å². The zero-order chi connectivity index (χ0) is 28.8. The maximum absolute atomic E-state index is 12.9. The number of oxazole rings is 1. The second kappa shape index (κ2) is 10.6. The molecule has 216 valence electrons. The Morgan fingerprint density at radius 1 is 1.17 bits per heavy atom. The van der Waals surface area contributed by atoms with E-state index in [4.69, 9.17) is 23.9 Å². The molecule has 1 saturated heterocycles. The first kappa shape index (κ1) is 26.3. The zero-order valence-corrected chi connectivity index (χ0v) is 23.5. The van der Waals surface area contributed by atoms with Crippen LogP contribution >= 0.6 is 0 Å². The van der Waals surface area contributed by atoms with Crippen molar-refractivity contribution in [3.8, 4) is 22.8 Å². The maximum Gasteiger partial charge on any atom is 0.254 e. The smallest absolute Gasteiger partial charge is 0.254 e. The number of rotatable bonds is 9. The molecule has 2 aliphatic rings. The Bertz CT molecular complexity index is 1790. The molecule has 0 unspecified atom stereocenters. The third-order valence-corrected chi connectivity index (χ3v) is 8.02. The third kappa shape index (κ3) is 4.89. The number of aromatic nitrogens is 4. The quantitative estimate of drug-likeness (QED) is 0.201. The van der Waals surface area contributed by atoms with Crippen LogP contribution in [-0.2, 0) is 0 Å². The first-order valence-electron chi connectivity index (χ1n) is 14.3. The van der Waals surface area contributed by atoms with Gasteiger partial charge in [0.1, 0.15) is 23.0 Å². The van der Waals surface area contributed by atoms with Crippen LogP contribution in [0, 0.1) is 6.92 Å². The number of aromatic amines is 1. The van der Waals surface area contributed by atoms with E-state index in [9.17, 15) is 9.90 Å². The van der Waals surface area contributed by atoms with Crippen molar-refractivity contribution < 1.29 is 23.8 Å². The molecule has 42 heavy (non-hydrogen) atoms. The van der Waals surface area contributed by atoms with Crippen molar-refractivity contribution in [2.75, 3.05) is 25.6 Å². The molecule has 2 aromatic carbocycles. The van der Waals surface area contributed by atoms with E-state index in [1.165, 1.54) is 0 Å². The minimum atomic E-state index is -0.0826. The van der Waals surface area contributed by atoms with Gasteiger partial charge in [-0.25, -0.2) is 4.98 Å². The Morgan fingerprint density at radius 3 is 2.83 bits per heavy atom. The summed E-state index contributed by atoms with van der Waals surface area (Å²) in [6.45, 7) is 2.56. The van der Waals surface area contributed by atoms with E-state index < -0.39 is 0 Å². The summed E-state index contributed by atoms with van der Waals surface area (Å²) < 4.78 is 17.9. The summed E-state index contributed by atoms with van der Waals surface area (Å²) in [4.78, 5) is 32.0. The minimum Gasteiger partial charge on any atom is -0.495 e. The van der Waals surface area contributed by atoms with E-state index in [0.29, 0.717) is 58.9 Å². The number of hydrogen-bond donors (Lipinski definition) is 3. The van der Waals surface area contributed by atoms with Crippen molar-refractivity contribution in [2.45, 2.75) is 51.2 Å². The number of nitrogens with zero attached hydrogens (tertiary/aromatic N) is 4. The normalized spacial score (nSPS) is 16.8. The number of hydrogen-bond acceptors (Lipinski definition) is 9. The van der Waals surface area contributed by atoms with Crippen LogP contribution in [-0.4, -0.2) is 68.3 Å². The summed E-state index contributed by atoms with van der Waals surface area (Å²) in [6, 6.07) is 11.3. The van der Waals surface area contributed by atoms with Gasteiger partial charge >= 0.3 is 0 Å². The number of aliphatic hydroxyl groups is 1. The van der Waals surface area contributed by atoms with Crippen LogP contribution in [0.5, 0.6) is 11.6 Å². The Labute approximate surface area is 241 Å². The lowest BCUT2D eigenvalue weighted by Gasteiger charge is -2.16. The van der Waals surface area contributed by atoms with Gasteiger partial charge in [-0.1, -0.05) is 6.07 Å². The van der Waals surface area contributed by atoms with Gasteiger partial charge in [0.05, 0.1) is 24.2 Å². The molecule has 0 radical (unpaired) electrons. The van der Waals surface area contributed by atoms with E-state index in [0.717, 1.165) is 47.7 Å². The van der Waals surface area contributed by atoms with Gasteiger partial charge in [-0.3, -0.25) is 4.79 Å². The van der Waals surface area contributed by atoms with Crippen LogP contribution in [0.15, 0.2) is 47.0 Å². The highest BCUT2D eigenvalue weighted by Crippen LogP contribution is 2.38. The molecular weight excluding hydrogens is 536 g/mol. The summed E-state index contributed by atoms with van der Waals surface area (Å²) in [5, 5.41) is 13.2. The molecule has 3 aromatic heterocycles. The monoisotopic (exact) mass is 568 g/mol. The van der Waals surface area contributed by atoms with E-state index in [2.05, 4.69) is 15.3 Å². The highest BCUT2D eigenvalue weighted by molar-refractivity contribution is 5.99. The third-order valence-electron chi connectivity index (χ3n) is 8.02. The second-order valence-corrected chi connectivity index (χ2v) is 10.9. The molecule has 11 heteroatoms. The lowest BCUT2D eigenvalue weighted by atomic mass is 10.1. The van der Waals surface area contributed by atoms with Crippen LogP contribution in [0.3, 0.4) is 0 Å². The Morgan fingerprint density at radius 2 is 2.02 bits per heavy atom. The number of methoxy groups -OCH3 is 1. The number of nitrogens with one attached hydrogen (secondary N) is 2. The number of fused-ring (bicyclic) bond motifs is 2. The first-order chi connectivity index (χ1) is 20.5. The number of amides is 1. The van der Waals surface area contributed by atoms with Gasteiger partial charge < -0.3 is 34.2 Å². The van der Waals surface area contributed by atoms with Crippen molar-refractivity contribution in [3.05, 3.63) is 54.0 Å². The molecule has 1 amide bonds. The minimum absolute atomic E-state index is 0.0656. The fourth-order valence-corrected chi connectivity index (χ4v) is 5.78. The van der Waals surface area contributed by atoms with Gasteiger partial charge in [-0.05, 0) is 68.0 Å². The average molecular weight is 569 g/mol. The molecule has 0 spiro atoms. The summed E-state index contributed by atoms with van der Waals surface area (Å²) in [7, 11) is 1.56. The van der Waals surface area contributed by atoms with Gasteiger partial charge in [0.15, 0.2) is 11.5 Å². The molecule has 3 N–H and O–H groups in total. The zero-order valence-electron chi connectivity index (χ0n) is 23.5. The summed E-state index contributed by atoms with van der Waals surface area (Å²) in [5.41, 5.74) is 5.15. The van der Waals surface area contributed by atoms with Crippen LogP contribution in [0.25, 0.3) is 33.3 Å².